The van der Waals surface area contributed by atoms with Crippen molar-refractivity contribution in [3.05, 3.63) is 15.6 Å². The Balaban J connectivity index is 1.78. The summed E-state index contributed by atoms with van der Waals surface area (Å²) in [7, 11) is 0. The normalized spacial score (nSPS) is 22.4. The number of carbonyl (C=O) groups is 1. The first-order valence-electron chi connectivity index (χ1n) is 7.63. The van der Waals surface area contributed by atoms with E-state index in [1.807, 2.05) is 18.7 Å². The minimum atomic E-state index is 0.000919. The second kappa shape index (κ2) is 7.22. The zero-order valence-corrected chi connectivity index (χ0v) is 14.1. The van der Waals surface area contributed by atoms with Crippen molar-refractivity contribution in [3.8, 4) is 0 Å². The molecule has 2 atom stereocenters. The van der Waals surface area contributed by atoms with Crippen molar-refractivity contribution in [2.24, 2.45) is 0 Å². The standard InChI is InChI=1S/C15H25N3O2S/c1-5-13-12(4)21-14(17-13)6-7-16-15(19)18-8-10(2)20-11(3)9-18/h10-11H,5-9H2,1-4H3,(H,16,19). The largest absolute Gasteiger partial charge is 0.372 e. The van der Waals surface area contributed by atoms with Crippen LogP contribution in [0.4, 0.5) is 4.79 Å². The molecule has 1 aliphatic heterocycles. The first-order valence-corrected chi connectivity index (χ1v) is 8.44. The predicted molar refractivity (Wildman–Crippen MR) is 84.9 cm³/mol. The number of urea groups is 1. The lowest BCUT2D eigenvalue weighted by molar-refractivity contribution is -0.0544. The molecule has 2 amide bonds. The summed E-state index contributed by atoms with van der Waals surface area (Å²) in [6.07, 6.45) is 1.98. The summed E-state index contributed by atoms with van der Waals surface area (Å²) in [4.78, 5) is 19.9. The zero-order chi connectivity index (χ0) is 15.4. The molecule has 0 spiro atoms. The Labute approximate surface area is 130 Å². The molecule has 0 aliphatic carbocycles. The summed E-state index contributed by atoms with van der Waals surface area (Å²) in [6.45, 7) is 10.2. The molecule has 1 fully saturated rings. The molecular formula is C15H25N3O2S. The van der Waals surface area contributed by atoms with Gasteiger partial charge in [0.2, 0.25) is 0 Å². The van der Waals surface area contributed by atoms with Gasteiger partial charge in [-0.2, -0.15) is 0 Å². The van der Waals surface area contributed by atoms with Crippen LogP contribution in [-0.4, -0.2) is 47.8 Å². The molecule has 1 saturated heterocycles. The first kappa shape index (κ1) is 16.2. The highest BCUT2D eigenvalue weighted by atomic mass is 32.1. The highest BCUT2D eigenvalue weighted by Gasteiger charge is 2.25. The number of carbonyl (C=O) groups excluding carboxylic acids is 1. The summed E-state index contributed by atoms with van der Waals surface area (Å²) < 4.78 is 5.64. The summed E-state index contributed by atoms with van der Waals surface area (Å²) in [6, 6.07) is 0.000919. The van der Waals surface area contributed by atoms with Gasteiger partial charge in [0.25, 0.3) is 0 Å². The number of amides is 2. The molecule has 1 N–H and O–H groups in total. The molecule has 0 aromatic carbocycles. The maximum atomic E-state index is 12.1. The Hall–Kier alpha value is -1.14. The van der Waals surface area contributed by atoms with Gasteiger partial charge in [-0.05, 0) is 27.2 Å². The SMILES string of the molecule is CCc1nc(CCNC(=O)N2CC(C)OC(C)C2)sc1C. The Morgan fingerprint density at radius 1 is 1.43 bits per heavy atom. The second-order valence-corrected chi connectivity index (χ2v) is 6.90. The minimum absolute atomic E-state index is 0.000919. The lowest BCUT2D eigenvalue weighted by Gasteiger charge is -2.35. The number of rotatable bonds is 4. The van der Waals surface area contributed by atoms with Gasteiger partial charge in [-0.15, -0.1) is 11.3 Å². The molecule has 118 valence electrons. The molecule has 1 aliphatic rings. The number of aryl methyl sites for hydroxylation is 2. The fraction of sp³-hybridized carbons (Fsp3) is 0.733. The van der Waals surface area contributed by atoms with E-state index in [9.17, 15) is 4.79 Å². The van der Waals surface area contributed by atoms with Crippen LogP contribution in [0.2, 0.25) is 0 Å². The van der Waals surface area contributed by atoms with Crippen molar-refractivity contribution in [2.75, 3.05) is 19.6 Å². The summed E-state index contributed by atoms with van der Waals surface area (Å²) >= 11 is 1.73. The third kappa shape index (κ3) is 4.41. The molecular weight excluding hydrogens is 286 g/mol. The molecule has 1 aromatic heterocycles. The predicted octanol–water partition coefficient (Wildman–Crippen LogP) is 2.38. The highest BCUT2D eigenvalue weighted by Crippen LogP contribution is 2.18. The topological polar surface area (TPSA) is 54.5 Å². The smallest absolute Gasteiger partial charge is 0.317 e. The van der Waals surface area contributed by atoms with E-state index in [0.29, 0.717) is 19.6 Å². The van der Waals surface area contributed by atoms with Crippen molar-refractivity contribution in [3.63, 3.8) is 0 Å². The second-order valence-electron chi connectivity index (χ2n) is 5.61. The molecule has 5 nitrogen and oxygen atoms in total. The van der Waals surface area contributed by atoms with E-state index in [1.165, 1.54) is 10.6 Å². The quantitative estimate of drug-likeness (QED) is 0.929. The molecule has 0 saturated carbocycles. The van der Waals surface area contributed by atoms with Gasteiger partial charge in [0, 0.05) is 30.9 Å². The van der Waals surface area contributed by atoms with Crippen LogP contribution in [0.15, 0.2) is 0 Å². The van der Waals surface area contributed by atoms with E-state index < -0.39 is 0 Å². The Morgan fingerprint density at radius 2 is 2.10 bits per heavy atom. The summed E-state index contributed by atoms with van der Waals surface area (Å²) in [5, 5.41) is 4.09. The third-order valence-electron chi connectivity index (χ3n) is 3.59. The van der Waals surface area contributed by atoms with Gasteiger partial charge in [0.1, 0.15) is 0 Å². The van der Waals surface area contributed by atoms with Gasteiger partial charge in [-0.3, -0.25) is 0 Å². The van der Waals surface area contributed by atoms with Crippen molar-refractivity contribution in [1.82, 2.24) is 15.2 Å². The molecule has 0 radical (unpaired) electrons. The van der Waals surface area contributed by atoms with E-state index in [2.05, 4.69) is 24.1 Å². The number of ether oxygens (including phenoxy) is 1. The van der Waals surface area contributed by atoms with Gasteiger partial charge in [-0.1, -0.05) is 6.92 Å². The fourth-order valence-corrected chi connectivity index (χ4v) is 3.68. The van der Waals surface area contributed by atoms with Crippen molar-refractivity contribution >= 4 is 17.4 Å². The summed E-state index contributed by atoms with van der Waals surface area (Å²) in [5.74, 6) is 0. The number of nitrogens with zero attached hydrogens (tertiary/aromatic N) is 2. The van der Waals surface area contributed by atoms with E-state index in [0.717, 1.165) is 17.8 Å². The minimum Gasteiger partial charge on any atom is -0.372 e. The lowest BCUT2D eigenvalue weighted by atomic mass is 10.2. The van der Waals surface area contributed by atoms with Crippen LogP contribution >= 0.6 is 11.3 Å². The highest BCUT2D eigenvalue weighted by molar-refractivity contribution is 7.11. The van der Waals surface area contributed by atoms with Crippen LogP contribution in [0.3, 0.4) is 0 Å². The van der Waals surface area contributed by atoms with Gasteiger partial charge in [0.05, 0.1) is 22.9 Å². The van der Waals surface area contributed by atoms with Crippen molar-refractivity contribution in [2.45, 2.75) is 52.7 Å². The molecule has 2 heterocycles. The number of morpholine rings is 1. The van der Waals surface area contributed by atoms with Gasteiger partial charge < -0.3 is 15.0 Å². The maximum Gasteiger partial charge on any atom is 0.317 e. The number of aromatic nitrogens is 1. The van der Waals surface area contributed by atoms with Crippen LogP contribution < -0.4 is 5.32 Å². The average molecular weight is 311 g/mol. The Morgan fingerprint density at radius 3 is 2.67 bits per heavy atom. The van der Waals surface area contributed by atoms with E-state index in [1.54, 1.807) is 11.3 Å². The Bertz CT molecular complexity index is 479. The lowest BCUT2D eigenvalue weighted by Crippen LogP contribution is -2.51. The first-order chi connectivity index (χ1) is 9.99. The zero-order valence-electron chi connectivity index (χ0n) is 13.3. The van der Waals surface area contributed by atoms with Gasteiger partial charge in [-0.25, -0.2) is 9.78 Å². The third-order valence-corrected chi connectivity index (χ3v) is 4.67. The van der Waals surface area contributed by atoms with Gasteiger partial charge in [0.15, 0.2) is 0 Å². The van der Waals surface area contributed by atoms with E-state index in [-0.39, 0.29) is 18.2 Å². The number of hydrogen-bond acceptors (Lipinski definition) is 4. The maximum absolute atomic E-state index is 12.1. The monoisotopic (exact) mass is 311 g/mol. The molecule has 2 rings (SSSR count). The fourth-order valence-electron chi connectivity index (χ4n) is 2.65. The van der Waals surface area contributed by atoms with Crippen LogP contribution in [0.25, 0.3) is 0 Å². The van der Waals surface area contributed by atoms with Crippen molar-refractivity contribution < 1.29 is 9.53 Å². The molecule has 6 heteroatoms. The number of nitrogens with one attached hydrogen (secondary N) is 1. The molecule has 0 bridgehead atoms. The molecule has 2 unspecified atom stereocenters. The Kier molecular flexibility index (Phi) is 5.58. The molecule has 21 heavy (non-hydrogen) atoms. The number of thiazole rings is 1. The van der Waals surface area contributed by atoms with Crippen molar-refractivity contribution in [1.29, 1.82) is 0 Å². The summed E-state index contributed by atoms with van der Waals surface area (Å²) in [5.41, 5.74) is 1.18. The van der Waals surface area contributed by atoms with E-state index in [4.69, 9.17) is 4.74 Å². The van der Waals surface area contributed by atoms with Crippen LogP contribution in [0.5, 0.6) is 0 Å². The van der Waals surface area contributed by atoms with Crippen LogP contribution in [0.1, 0.15) is 36.3 Å². The van der Waals surface area contributed by atoms with Gasteiger partial charge >= 0.3 is 6.03 Å². The van der Waals surface area contributed by atoms with Crippen LogP contribution in [0, 0.1) is 6.92 Å². The van der Waals surface area contributed by atoms with Crippen LogP contribution in [-0.2, 0) is 17.6 Å². The number of hydrogen-bond donors (Lipinski definition) is 1. The molecule has 1 aromatic rings. The van der Waals surface area contributed by atoms with E-state index >= 15 is 0 Å². The average Bonchev–Trinajstić information content (AvgIpc) is 2.77.